The van der Waals surface area contributed by atoms with E-state index in [1.165, 1.54) is 0 Å². The third-order valence-corrected chi connectivity index (χ3v) is 3.38. The van der Waals surface area contributed by atoms with Gasteiger partial charge in [-0.3, -0.25) is 4.79 Å². The molecule has 20 heavy (non-hydrogen) atoms. The van der Waals surface area contributed by atoms with Crippen LogP contribution in [-0.4, -0.2) is 11.1 Å². The summed E-state index contributed by atoms with van der Waals surface area (Å²) in [6.45, 7) is 0. The molecule has 0 aliphatic carbocycles. The molecule has 2 nitrogen and oxygen atoms in total. The van der Waals surface area contributed by atoms with E-state index in [-0.39, 0.29) is 18.8 Å². The van der Waals surface area contributed by atoms with Crippen LogP contribution in [0.25, 0.3) is 11.1 Å². The standard InChI is InChI=1S/C16H15ClO2.ClH/c17-15-10-4-8-13(12-6-2-1-3-7-12)14(15)9-5-11-16(18)19;/h1-4,6-8,10H,5,9,11H2,(H,18,19);1H. The van der Waals surface area contributed by atoms with Gasteiger partial charge in [0.1, 0.15) is 0 Å². The fourth-order valence-corrected chi connectivity index (χ4v) is 2.39. The van der Waals surface area contributed by atoms with Crippen LogP contribution in [-0.2, 0) is 11.2 Å². The topological polar surface area (TPSA) is 37.3 Å². The second-order valence-corrected chi connectivity index (χ2v) is 4.79. The second kappa shape index (κ2) is 7.93. The van der Waals surface area contributed by atoms with Gasteiger partial charge in [-0.05, 0) is 35.6 Å². The average Bonchev–Trinajstić information content (AvgIpc) is 2.41. The van der Waals surface area contributed by atoms with Gasteiger partial charge in [0.2, 0.25) is 0 Å². The lowest BCUT2D eigenvalue weighted by molar-refractivity contribution is -0.137. The van der Waals surface area contributed by atoms with Crippen molar-refractivity contribution in [1.82, 2.24) is 0 Å². The van der Waals surface area contributed by atoms with Crippen molar-refractivity contribution in [1.29, 1.82) is 0 Å². The highest BCUT2D eigenvalue weighted by atomic mass is 35.5. The molecule has 4 heteroatoms. The quantitative estimate of drug-likeness (QED) is 0.858. The molecule has 2 aromatic rings. The molecule has 0 saturated carbocycles. The zero-order valence-corrected chi connectivity index (χ0v) is 12.5. The van der Waals surface area contributed by atoms with Crippen LogP contribution in [0.2, 0.25) is 5.02 Å². The van der Waals surface area contributed by atoms with Gasteiger partial charge in [0, 0.05) is 11.4 Å². The number of carboxylic acids is 1. The van der Waals surface area contributed by atoms with Gasteiger partial charge < -0.3 is 5.11 Å². The molecule has 0 heterocycles. The van der Waals surface area contributed by atoms with Crippen molar-refractivity contribution in [2.75, 3.05) is 0 Å². The largest absolute Gasteiger partial charge is 0.481 e. The van der Waals surface area contributed by atoms with E-state index in [9.17, 15) is 4.79 Å². The third kappa shape index (κ3) is 4.26. The molecule has 0 aromatic heterocycles. The molecule has 0 saturated heterocycles. The van der Waals surface area contributed by atoms with Gasteiger partial charge in [-0.15, -0.1) is 12.4 Å². The number of rotatable bonds is 5. The predicted molar refractivity (Wildman–Crippen MR) is 84.7 cm³/mol. The van der Waals surface area contributed by atoms with Crippen LogP contribution >= 0.6 is 24.0 Å². The number of aliphatic carboxylic acids is 1. The number of halogens is 2. The molecule has 0 unspecified atom stereocenters. The minimum absolute atomic E-state index is 0. The first-order valence-corrected chi connectivity index (χ1v) is 6.61. The number of hydrogen-bond acceptors (Lipinski definition) is 1. The van der Waals surface area contributed by atoms with Gasteiger partial charge in [0.05, 0.1) is 0 Å². The molecule has 106 valence electrons. The normalized spacial score (nSPS) is 9.85. The molecule has 2 rings (SSSR count). The van der Waals surface area contributed by atoms with Crippen molar-refractivity contribution >= 4 is 30.0 Å². The number of carboxylic acid groups (broad SMARTS) is 1. The predicted octanol–water partition coefficient (Wildman–Crippen LogP) is 4.84. The van der Waals surface area contributed by atoms with Gasteiger partial charge >= 0.3 is 5.97 Å². The molecule has 0 aliphatic heterocycles. The number of hydrogen-bond donors (Lipinski definition) is 1. The van der Waals surface area contributed by atoms with Crippen molar-refractivity contribution in [3.8, 4) is 11.1 Å². The first kappa shape index (κ1) is 16.5. The van der Waals surface area contributed by atoms with Crippen LogP contribution in [0.15, 0.2) is 48.5 Å². The molecular weight excluding hydrogens is 295 g/mol. The Morgan fingerprint density at radius 2 is 1.75 bits per heavy atom. The summed E-state index contributed by atoms with van der Waals surface area (Å²) in [5, 5.41) is 9.41. The minimum Gasteiger partial charge on any atom is -0.481 e. The highest BCUT2D eigenvalue weighted by molar-refractivity contribution is 6.31. The van der Waals surface area contributed by atoms with Crippen LogP contribution in [0, 0.1) is 0 Å². The van der Waals surface area contributed by atoms with E-state index in [2.05, 4.69) is 0 Å². The zero-order chi connectivity index (χ0) is 13.7. The fourth-order valence-electron chi connectivity index (χ4n) is 2.12. The summed E-state index contributed by atoms with van der Waals surface area (Å²) in [6, 6.07) is 15.8. The van der Waals surface area contributed by atoms with E-state index >= 15 is 0 Å². The van der Waals surface area contributed by atoms with E-state index in [4.69, 9.17) is 16.7 Å². The molecule has 0 spiro atoms. The van der Waals surface area contributed by atoms with Gasteiger partial charge in [-0.1, -0.05) is 54.1 Å². The summed E-state index contributed by atoms with van der Waals surface area (Å²) in [5.41, 5.74) is 3.21. The summed E-state index contributed by atoms with van der Waals surface area (Å²) >= 11 is 6.25. The van der Waals surface area contributed by atoms with Gasteiger partial charge in [0.25, 0.3) is 0 Å². The Hall–Kier alpha value is -1.51. The Labute approximate surface area is 129 Å². The second-order valence-electron chi connectivity index (χ2n) is 4.38. The van der Waals surface area contributed by atoms with Gasteiger partial charge in [0.15, 0.2) is 0 Å². The maximum absolute atomic E-state index is 10.6. The highest BCUT2D eigenvalue weighted by Crippen LogP contribution is 2.30. The SMILES string of the molecule is Cl.O=C(O)CCCc1c(Cl)cccc1-c1ccccc1. The molecule has 0 amide bonds. The van der Waals surface area contributed by atoms with Crippen LogP contribution < -0.4 is 0 Å². The lowest BCUT2D eigenvalue weighted by Gasteiger charge is -2.11. The van der Waals surface area contributed by atoms with Crippen molar-refractivity contribution in [3.63, 3.8) is 0 Å². The van der Waals surface area contributed by atoms with Crippen molar-refractivity contribution in [2.45, 2.75) is 19.3 Å². The number of benzene rings is 2. The molecule has 0 atom stereocenters. The Kier molecular flexibility index (Phi) is 6.56. The third-order valence-electron chi connectivity index (χ3n) is 3.02. The van der Waals surface area contributed by atoms with Crippen LogP contribution in [0.3, 0.4) is 0 Å². The van der Waals surface area contributed by atoms with E-state index < -0.39 is 5.97 Å². The first-order valence-electron chi connectivity index (χ1n) is 6.23. The molecule has 0 bridgehead atoms. The van der Waals surface area contributed by atoms with Gasteiger partial charge in [-0.25, -0.2) is 0 Å². The first-order chi connectivity index (χ1) is 9.18. The highest BCUT2D eigenvalue weighted by Gasteiger charge is 2.09. The zero-order valence-electron chi connectivity index (χ0n) is 10.9. The van der Waals surface area contributed by atoms with Crippen molar-refractivity contribution in [2.24, 2.45) is 0 Å². The van der Waals surface area contributed by atoms with Crippen LogP contribution in [0.5, 0.6) is 0 Å². The summed E-state index contributed by atoms with van der Waals surface area (Å²) < 4.78 is 0. The Balaban J connectivity index is 0.00000200. The molecule has 1 N–H and O–H groups in total. The maximum atomic E-state index is 10.6. The van der Waals surface area contributed by atoms with E-state index in [0.717, 1.165) is 16.7 Å². The van der Waals surface area contributed by atoms with Crippen LogP contribution in [0.1, 0.15) is 18.4 Å². The lowest BCUT2D eigenvalue weighted by Crippen LogP contribution is -1.98. The maximum Gasteiger partial charge on any atom is 0.303 e. The van der Waals surface area contributed by atoms with Crippen molar-refractivity contribution in [3.05, 3.63) is 59.1 Å². The van der Waals surface area contributed by atoms with Crippen LogP contribution in [0.4, 0.5) is 0 Å². The molecule has 0 fully saturated rings. The monoisotopic (exact) mass is 310 g/mol. The van der Waals surface area contributed by atoms with Gasteiger partial charge in [-0.2, -0.15) is 0 Å². The summed E-state index contributed by atoms with van der Waals surface area (Å²) in [6.07, 6.45) is 1.44. The Bertz CT molecular complexity index is 568. The fraction of sp³-hybridized carbons (Fsp3) is 0.188. The number of carbonyl (C=O) groups is 1. The molecule has 2 aromatic carbocycles. The lowest BCUT2D eigenvalue weighted by atomic mass is 9.96. The molecule has 0 radical (unpaired) electrons. The average molecular weight is 311 g/mol. The summed E-state index contributed by atoms with van der Waals surface area (Å²) in [5.74, 6) is -0.770. The smallest absolute Gasteiger partial charge is 0.303 e. The summed E-state index contributed by atoms with van der Waals surface area (Å²) in [7, 11) is 0. The Morgan fingerprint density at radius 1 is 1.05 bits per heavy atom. The van der Waals surface area contributed by atoms with Crippen molar-refractivity contribution < 1.29 is 9.90 Å². The van der Waals surface area contributed by atoms with E-state index in [0.29, 0.717) is 17.9 Å². The molecule has 0 aliphatic rings. The van der Waals surface area contributed by atoms with E-state index in [1.807, 2.05) is 48.5 Å². The minimum atomic E-state index is -0.770. The molecular formula is C16H16Cl2O2. The summed E-state index contributed by atoms with van der Waals surface area (Å²) in [4.78, 5) is 10.6. The van der Waals surface area contributed by atoms with E-state index in [1.54, 1.807) is 0 Å². The Morgan fingerprint density at radius 3 is 2.40 bits per heavy atom.